The van der Waals surface area contributed by atoms with E-state index < -0.39 is 0 Å². The fraction of sp³-hybridized carbons (Fsp3) is 0.100. The molecule has 2 aromatic rings. The Bertz CT molecular complexity index is 569. The van der Waals surface area contributed by atoms with Crippen LogP contribution < -0.4 is 11.5 Å². The lowest BCUT2D eigenvalue weighted by molar-refractivity contribution is 0.130. The molecule has 0 atom stereocenters. The molecule has 0 amide bonds. The van der Waals surface area contributed by atoms with Crippen LogP contribution in [-0.2, 0) is 11.4 Å². The van der Waals surface area contributed by atoms with Crippen LogP contribution in [0.2, 0.25) is 5.02 Å². The maximum atomic E-state index is 5.95. The third-order valence-electron chi connectivity index (χ3n) is 2.10. The molecule has 0 radical (unpaired) electrons. The smallest absolute Gasteiger partial charge is 0.199 e. The molecular formula is C10H10ClN5O2. The van der Waals surface area contributed by atoms with Crippen LogP contribution in [0.15, 0.2) is 34.1 Å². The average molecular weight is 268 g/mol. The molecule has 0 saturated heterocycles. The molecule has 0 aliphatic carbocycles. The van der Waals surface area contributed by atoms with E-state index >= 15 is 0 Å². The second-order valence-corrected chi connectivity index (χ2v) is 3.75. The molecule has 2 rings (SSSR count). The number of oxime groups is 1. The first-order chi connectivity index (χ1) is 8.68. The number of amidine groups is 1. The maximum Gasteiger partial charge on any atom is 0.199 e. The summed E-state index contributed by atoms with van der Waals surface area (Å²) in [4.78, 5) is 5.05. The van der Waals surface area contributed by atoms with Gasteiger partial charge in [-0.3, -0.25) is 0 Å². The van der Waals surface area contributed by atoms with E-state index in [9.17, 15) is 0 Å². The van der Waals surface area contributed by atoms with Crippen LogP contribution in [0.4, 0.5) is 5.82 Å². The molecule has 7 nitrogen and oxygen atoms in total. The summed E-state index contributed by atoms with van der Waals surface area (Å²) in [6.07, 6.45) is 0. The number of hydrogen-bond acceptors (Lipinski definition) is 6. The standard InChI is InChI=1S/C10H10ClN5O2/c11-7-4-2-1-3-6(7)5-17-15-9(12)8-10(13)16-18-14-8/h1-4H,5H2,(H2,12,15)(H2,13,16). The van der Waals surface area contributed by atoms with Crippen molar-refractivity contribution in [2.45, 2.75) is 6.61 Å². The van der Waals surface area contributed by atoms with Gasteiger partial charge in [-0.1, -0.05) is 35.0 Å². The number of nitrogen functional groups attached to an aromatic ring is 1. The van der Waals surface area contributed by atoms with Crippen molar-refractivity contribution in [1.29, 1.82) is 0 Å². The van der Waals surface area contributed by atoms with Crippen molar-refractivity contribution in [1.82, 2.24) is 10.3 Å². The fourth-order valence-corrected chi connectivity index (χ4v) is 1.39. The minimum absolute atomic E-state index is 0.0131. The van der Waals surface area contributed by atoms with E-state index in [1.165, 1.54) is 0 Å². The number of aromatic nitrogens is 2. The zero-order chi connectivity index (χ0) is 13.0. The monoisotopic (exact) mass is 267 g/mol. The molecule has 0 fully saturated rings. The predicted molar refractivity (Wildman–Crippen MR) is 65.7 cm³/mol. The van der Waals surface area contributed by atoms with Gasteiger partial charge in [0.25, 0.3) is 0 Å². The van der Waals surface area contributed by atoms with Crippen molar-refractivity contribution in [2.75, 3.05) is 5.73 Å². The number of anilines is 1. The molecule has 1 aromatic carbocycles. The van der Waals surface area contributed by atoms with Crippen molar-refractivity contribution in [3.05, 3.63) is 40.5 Å². The minimum Gasteiger partial charge on any atom is -0.389 e. The van der Waals surface area contributed by atoms with E-state index in [0.29, 0.717) is 5.02 Å². The van der Waals surface area contributed by atoms with Crippen LogP contribution in [-0.4, -0.2) is 16.1 Å². The first kappa shape index (κ1) is 12.2. The molecule has 0 bridgehead atoms. The van der Waals surface area contributed by atoms with Gasteiger partial charge in [0, 0.05) is 10.6 Å². The van der Waals surface area contributed by atoms with Crippen molar-refractivity contribution in [3.8, 4) is 0 Å². The Morgan fingerprint density at radius 2 is 2.17 bits per heavy atom. The van der Waals surface area contributed by atoms with Crippen LogP contribution in [0.25, 0.3) is 0 Å². The molecule has 0 aliphatic heterocycles. The van der Waals surface area contributed by atoms with E-state index in [1.54, 1.807) is 6.07 Å². The van der Waals surface area contributed by atoms with Crippen LogP contribution in [0.1, 0.15) is 11.3 Å². The third kappa shape index (κ3) is 2.69. The second-order valence-electron chi connectivity index (χ2n) is 3.34. The highest BCUT2D eigenvalue weighted by Gasteiger charge is 2.11. The third-order valence-corrected chi connectivity index (χ3v) is 2.47. The molecule has 4 N–H and O–H groups in total. The van der Waals surface area contributed by atoms with Crippen molar-refractivity contribution in [3.63, 3.8) is 0 Å². The Morgan fingerprint density at radius 1 is 1.39 bits per heavy atom. The highest BCUT2D eigenvalue weighted by atomic mass is 35.5. The first-order valence-electron chi connectivity index (χ1n) is 4.95. The van der Waals surface area contributed by atoms with Crippen molar-refractivity contribution >= 4 is 23.3 Å². The van der Waals surface area contributed by atoms with Crippen molar-refractivity contribution < 1.29 is 9.47 Å². The van der Waals surface area contributed by atoms with Gasteiger partial charge in [-0.05, 0) is 16.4 Å². The van der Waals surface area contributed by atoms with E-state index in [2.05, 4.69) is 20.1 Å². The summed E-state index contributed by atoms with van der Waals surface area (Å²) < 4.78 is 4.39. The summed E-state index contributed by atoms with van der Waals surface area (Å²) in [6.45, 7) is 0.186. The Balaban J connectivity index is 2.00. The van der Waals surface area contributed by atoms with Crippen LogP contribution >= 0.6 is 11.6 Å². The van der Waals surface area contributed by atoms with E-state index in [0.717, 1.165) is 5.56 Å². The molecule has 94 valence electrons. The number of benzene rings is 1. The van der Waals surface area contributed by atoms with Gasteiger partial charge >= 0.3 is 0 Å². The molecule has 0 unspecified atom stereocenters. The zero-order valence-corrected chi connectivity index (χ0v) is 9.96. The van der Waals surface area contributed by atoms with Gasteiger partial charge in [0.2, 0.25) is 0 Å². The molecule has 18 heavy (non-hydrogen) atoms. The van der Waals surface area contributed by atoms with Crippen LogP contribution in [0.5, 0.6) is 0 Å². The van der Waals surface area contributed by atoms with Crippen LogP contribution in [0, 0.1) is 0 Å². The van der Waals surface area contributed by atoms with Gasteiger partial charge in [-0.25, -0.2) is 4.63 Å². The summed E-state index contributed by atoms with van der Waals surface area (Å²) in [7, 11) is 0. The number of nitrogens with zero attached hydrogens (tertiary/aromatic N) is 3. The molecule has 1 heterocycles. The van der Waals surface area contributed by atoms with Gasteiger partial charge in [0.05, 0.1) is 0 Å². The van der Waals surface area contributed by atoms with Gasteiger partial charge < -0.3 is 16.3 Å². The normalized spacial score (nSPS) is 11.5. The molecule has 0 aliphatic rings. The van der Waals surface area contributed by atoms with Gasteiger partial charge in [-0.15, -0.1) is 0 Å². The Kier molecular flexibility index (Phi) is 3.63. The van der Waals surface area contributed by atoms with E-state index in [4.69, 9.17) is 27.9 Å². The number of halogens is 1. The lowest BCUT2D eigenvalue weighted by Gasteiger charge is -2.02. The van der Waals surface area contributed by atoms with Crippen molar-refractivity contribution in [2.24, 2.45) is 10.9 Å². The fourth-order valence-electron chi connectivity index (χ4n) is 1.20. The molecular weight excluding hydrogens is 258 g/mol. The Labute approximate surface area is 107 Å². The lowest BCUT2D eigenvalue weighted by Crippen LogP contribution is -2.16. The maximum absolute atomic E-state index is 5.95. The predicted octanol–water partition coefficient (Wildman–Crippen LogP) is 1.14. The molecule has 1 aromatic heterocycles. The summed E-state index contributed by atoms with van der Waals surface area (Å²) in [5.74, 6) is 0.0402. The summed E-state index contributed by atoms with van der Waals surface area (Å²) in [5.41, 5.74) is 12.0. The van der Waals surface area contributed by atoms with Gasteiger partial charge in [0.1, 0.15) is 6.61 Å². The van der Waals surface area contributed by atoms with Gasteiger partial charge in [0.15, 0.2) is 17.3 Å². The Morgan fingerprint density at radius 3 is 2.83 bits per heavy atom. The highest BCUT2D eigenvalue weighted by molar-refractivity contribution is 6.31. The lowest BCUT2D eigenvalue weighted by atomic mass is 10.2. The molecule has 8 heteroatoms. The van der Waals surface area contributed by atoms with Crippen LogP contribution in [0.3, 0.4) is 0 Å². The summed E-state index contributed by atoms with van der Waals surface area (Å²) in [6, 6.07) is 7.25. The number of rotatable bonds is 4. The number of nitrogens with two attached hydrogens (primary N) is 2. The second kappa shape index (κ2) is 5.37. The average Bonchev–Trinajstić information content (AvgIpc) is 2.78. The first-order valence-corrected chi connectivity index (χ1v) is 5.33. The quantitative estimate of drug-likeness (QED) is 0.488. The highest BCUT2D eigenvalue weighted by Crippen LogP contribution is 2.15. The SMILES string of the molecule is N/C(=N/OCc1ccccc1Cl)c1nonc1N. The topological polar surface area (TPSA) is 113 Å². The molecule has 0 saturated carbocycles. The summed E-state index contributed by atoms with van der Waals surface area (Å²) >= 11 is 5.95. The van der Waals surface area contributed by atoms with Gasteiger partial charge in [-0.2, -0.15) is 0 Å². The Hall–Kier alpha value is -2.28. The number of hydrogen-bond donors (Lipinski definition) is 2. The van der Waals surface area contributed by atoms with E-state index in [1.807, 2.05) is 18.2 Å². The van der Waals surface area contributed by atoms with E-state index in [-0.39, 0.29) is 24.0 Å². The zero-order valence-electron chi connectivity index (χ0n) is 9.21. The summed E-state index contributed by atoms with van der Waals surface area (Å²) in [5, 5.41) is 11.1. The molecule has 0 spiro atoms. The minimum atomic E-state index is -0.0131. The largest absolute Gasteiger partial charge is 0.389 e.